The van der Waals surface area contributed by atoms with Gasteiger partial charge in [0, 0.05) is 0 Å². The topological polar surface area (TPSA) is 38.3 Å². The zero-order valence-corrected chi connectivity index (χ0v) is 10.8. The Bertz CT molecular complexity index is 398. The molecule has 0 aliphatic carbocycles. The van der Waals surface area contributed by atoms with Gasteiger partial charge in [-0.25, -0.2) is 4.79 Å². The lowest BCUT2D eigenvalue weighted by atomic mass is 10.2. The van der Waals surface area contributed by atoms with Crippen LogP contribution in [0.25, 0.3) is 0 Å². The maximum Gasteiger partial charge on any atom is 0.328 e. The van der Waals surface area contributed by atoms with Gasteiger partial charge in [0.15, 0.2) is 0 Å². The van der Waals surface area contributed by atoms with Crippen molar-refractivity contribution in [3.8, 4) is 0 Å². The maximum atomic E-state index is 11.6. The summed E-state index contributed by atoms with van der Waals surface area (Å²) in [4.78, 5) is 11.6. The van der Waals surface area contributed by atoms with Gasteiger partial charge in [-0.3, -0.25) is 0 Å². The van der Waals surface area contributed by atoms with Crippen molar-refractivity contribution in [2.24, 2.45) is 0 Å². The summed E-state index contributed by atoms with van der Waals surface area (Å²) in [5, 5.41) is 3.64. The fourth-order valence-corrected chi connectivity index (χ4v) is 1.63. The fraction of sp³-hybridized carbons (Fsp3) is 0.308. The minimum Gasteiger partial charge on any atom is -0.460 e. The van der Waals surface area contributed by atoms with Gasteiger partial charge in [-0.15, -0.1) is 0 Å². The first kappa shape index (κ1) is 13.6. The van der Waals surface area contributed by atoms with Crippen LogP contribution in [0, 0.1) is 6.92 Å². The van der Waals surface area contributed by atoms with Gasteiger partial charge in [0.2, 0.25) is 0 Å². The number of halogens is 1. The van der Waals surface area contributed by atoms with Gasteiger partial charge < -0.3 is 10.1 Å². The first-order valence-electron chi connectivity index (χ1n) is 5.35. The Hall–Kier alpha value is -1.48. The Balaban J connectivity index is 2.70. The fourth-order valence-electron chi connectivity index (χ4n) is 1.36. The van der Waals surface area contributed by atoms with E-state index in [2.05, 4.69) is 11.9 Å². The molecular formula is C13H16ClNO2. The van der Waals surface area contributed by atoms with Gasteiger partial charge >= 0.3 is 5.97 Å². The Morgan fingerprint density at radius 2 is 2.35 bits per heavy atom. The largest absolute Gasteiger partial charge is 0.460 e. The molecule has 1 atom stereocenters. The molecule has 4 heteroatoms. The summed E-state index contributed by atoms with van der Waals surface area (Å²) in [6.45, 7) is 7.36. The first-order valence-corrected chi connectivity index (χ1v) is 5.73. The Morgan fingerprint density at radius 1 is 1.65 bits per heavy atom. The molecule has 0 aliphatic heterocycles. The molecule has 0 amide bonds. The quantitative estimate of drug-likeness (QED) is 0.647. The van der Waals surface area contributed by atoms with Crippen LogP contribution in [-0.4, -0.2) is 18.6 Å². The molecule has 0 heterocycles. The minimum absolute atomic E-state index is 0.215. The molecule has 0 unspecified atom stereocenters. The van der Waals surface area contributed by atoms with Crippen molar-refractivity contribution in [1.82, 2.24) is 0 Å². The third-order valence-corrected chi connectivity index (χ3v) is 2.59. The van der Waals surface area contributed by atoms with Crippen LogP contribution in [0.3, 0.4) is 0 Å². The van der Waals surface area contributed by atoms with Crippen LogP contribution >= 0.6 is 11.6 Å². The number of rotatable bonds is 5. The minimum atomic E-state index is -0.450. The van der Waals surface area contributed by atoms with E-state index in [4.69, 9.17) is 16.3 Å². The zero-order chi connectivity index (χ0) is 12.8. The van der Waals surface area contributed by atoms with Crippen molar-refractivity contribution in [2.75, 3.05) is 11.9 Å². The number of anilines is 1. The number of aryl methyl sites for hydroxylation is 1. The molecular weight excluding hydrogens is 238 g/mol. The van der Waals surface area contributed by atoms with E-state index in [-0.39, 0.29) is 12.6 Å². The van der Waals surface area contributed by atoms with Crippen LogP contribution < -0.4 is 5.32 Å². The molecule has 0 spiro atoms. The second-order valence-corrected chi connectivity index (χ2v) is 4.12. The molecule has 0 aromatic heterocycles. The van der Waals surface area contributed by atoms with Crippen molar-refractivity contribution in [3.63, 3.8) is 0 Å². The highest BCUT2D eigenvalue weighted by atomic mass is 35.5. The summed E-state index contributed by atoms with van der Waals surface area (Å²) < 4.78 is 4.94. The molecule has 92 valence electrons. The van der Waals surface area contributed by atoms with E-state index in [1.807, 2.05) is 19.1 Å². The molecule has 1 N–H and O–H groups in total. The van der Waals surface area contributed by atoms with Crippen molar-refractivity contribution in [3.05, 3.63) is 41.4 Å². The highest BCUT2D eigenvalue weighted by Gasteiger charge is 2.15. The monoisotopic (exact) mass is 253 g/mol. The van der Waals surface area contributed by atoms with E-state index in [9.17, 15) is 4.79 Å². The zero-order valence-electron chi connectivity index (χ0n) is 10.00. The maximum absolute atomic E-state index is 11.6. The summed E-state index contributed by atoms with van der Waals surface area (Å²) in [5.74, 6) is -0.329. The number of carbonyl (C=O) groups is 1. The summed E-state index contributed by atoms with van der Waals surface area (Å²) in [6.07, 6.45) is 1.53. The molecule has 0 saturated carbocycles. The molecule has 0 saturated heterocycles. The van der Waals surface area contributed by atoms with E-state index < -0.39 is 6.04 Å². The molecule has 0 bridgehead atoms. The van der Waals surface area contributed by atoms with Crippen LogP contribution in [-0.2, 0) is 9.53 Å². The van der Waals surface area contributed by atoms with Crippen LogP contribution in [0.5, 0.6) is 0 Å². The second-order valence-electron chi connectivity index (χ2n) is 3.72. The van der Waals surface area contributed by atoms with E-state index in [0.717, 1.165) is 11.3 Å². The predicted octanol–water partition coefficient (Wildman–Crippen LogP) is 3.18. The highest BCUT2D eigenvalue weighted by Crippen LogP contribution is 2.25. The van der Waals surface area contributed by atoms with Gasteiger partial charge in [-0.1, -0.05) is 36.4 Å². The molecule has 1 rings (SSSR count). The number of para-hydroxylation sites is 1. The third-order valence-electron chi connectivity index (χ3n) is 2.28. The molecule has 3 nitrogen and oxygen atoms in total. The molecule has 0 radical (unpaired) electrons. The van der Waals surface area contributed by atoms with Gasteiger partial charge in [0.05, 0.1) is 10.7 Å². The summed E-state index contributed by atoms with van der Waals surface area (Å²) >= 11 is 6.05. The van der Waals surface area contributed by atoms with E-state index in [1.165, 1.54) is 6.08 Å². The third kappa shape index (κ3) is 3.79. The molecule has 0 aliphatic rings. The summed E-state index contributed by atoms with van der Waals surface area (Å²) in [6, 6.07) is 5.12. The average molecular weight is 254 g/mol. The highest BCUT2D eigenvalue weighted by molar-refractivity contribution is 6.33. The van der Waals surface area contributed by atoms with Crippen LogP contribution in [0.2, 0.25) is 5.02 Å². The summed E-state index contributed by atoms with van der Waals surface area (Å²) in [7, 11) is 0. The predicted molar refractivity (Wildman–Crippen MR) is 70.4 cm³/mol. The Labute approximate surface area is 106 Å². The van der Waals surface area contributed by atoms with E-state index >= 15 is 0 Å². The number of benzene rings is 1. The number of nitrogens with one attached hydrogen (secondary N) is 1. The molecule has 1 aromatic carbocycles. The van der Waals surface area contributed by atoms with Gasteiger partial charge in [-0.2, -0.15) is 0 Å². The van der Waals surface area contributed by atoms with Crippen LogP contribution in [0.1, 0.15) is 12.5 Å². The van der Waals surface area contributed by atoms with Gasteiger partial charge in [0.1, 0.15) is 12.6 Å². The average Bonchev–Trinajstić information content (AvgIpc) is 2.30. The van der Waals surface area contributed by atoms with Gasteiger partial charge in [0.25, 0.3) is 0 Å². The smallest absolute Gasteiger partial charge is 0.328 e. The lowest BCUT2D eigenvalue weighted by Gasteiger charge is -2.16. The first-order chi connectivity index (χ1) is 8.06. The second kappa shape index (κ2) is 6.30. The number of carbonyl (C=O) groups excluding carboxylic acids is 1. The SMILES string of the molecule is C=CCOC(=O)[C@H](C)Nc1c(C)cccc1Cl. The lowest BCUT2D eigenvalue weighted by Crippen LogP contribution is -2.28. The van der Waals surface area contributed by atoms with E-state index in [1.54, 1.807) is 13.0 Å². The number of hydrogen-bond donors (Lipinski definition) is 1. The standard InChI is InChI=1S/C13H16ClNO2/c1-4-8-17-13(16)10(3)15-12-9(2)6-5-7-11(12)14/h4-7,10,15H,1,8H2,2-3H3/t10-/m0/s1. The molecule has 17 heavy (non-hydrogen) atoms. The van der Waals surface area contributed by atoms with Crippen molar-refractivity contribution < 1.29 is 9.53 Å². The summed E-state index contributed by atoms with van der Waals surface area (Å²) in [5.41, 5.74) is 1.75. The van der Waals surface area contributed by atoms with Crippen LogP contribution in [0.4, 0.5) is 5.69 Å². The van der Waals surface area contributed by atoms with E-state index in [0.29, 0.717) is 5.02 Å². The number of esters is 1. The van der Waals surface area contributed by atoms with Crippen LogP contribution in [0.15, 0.2) is 30.9 Å². The molecule has 1 aromatic rings. The normalized spacial score (nSPS) is 11.7. The van der Waals surface area contributed by atoms with Crippen molar-refractivity contribution in [1.29, 1.82) is 0 Å². The number of hydrogen-bond acceptors (Lipinski definition) is 3. The number of ether oxygens (including phenoxy) is 1. The van der Waals surface area contributed by atoms with Crippen molar-refractivity contribution in [2.45, 2.75) is 19.9 Å². The van der Waals surface area contributed by atoms with Crippen molar-refractivity contribution >= 4 is 23.3 Å². The Morgan fingerprint density at radius 3 is 2.94 bits per heavy atom. The Kier molecular flexibility index (Phi) is 5.04. The van der Waals surface area contributed by atoms with Gasteiger partial charge in [-0.05, 0) is 25.5 Å². The molecule has 0 fully saturated rings. The lowest BCUT2D eigenvalue weighted by molar-refractivity contribution is -0.142.